The van der Waals surface area contributed by atoms with Gasteiger partial charge in [-0.3, -0.25) is 9.48 Å². The third-order valence-electron chi connectivity index (χ3n) is 5.77. The van der Waals surface area contributed by atoms with Gasteiger partial charge >= 0.3 is 0 Å². The van der Waals surface area contributed by atoms with Crippen LogP contribution in [0.2, 0.25) is 0 Å². The predicted molar refractivity (Wildman–Crippen MR) is 125 cm³/mol. The van der Waals surface area contributed by atoms with Crippen LogP contribution >= 0.6 is 0 Å². The number of aryl methyl sites for hydroxylation is 1. The Labute approximate surface area is 192 Å². The fraction of sp³-hybridized carbons (Fsp3) is 0.391. The van der Waals surface area contributed by atoms with Crippen molar-refractivity contribution < 1.29 is 14.3 Å². The summed E-state index contributed by atoms with van der Waals surface area (Å²) >= 11 is 0. The molecule has 2 heterocycles. The number of carbonyl (C=O) groups is 1. The van der Waals surface area contributed by atoms with E-state index in [-0.39, 0.29) is 18.0 Å². The lowest BCUT2D eigenvalue weighted by molar-refractivity contribution is 0.0911. The van der Waals surface area contributed by atoms with Crippen LogP contribution in [0.3, 0.4) is 0 Å². The fourth-order valence-electron chi connectivity index (χ4n) is 3.96. The standard InChI is InChI=1S/C23H29N7O3/c1-30-21(22(31)27-18-7-5-4-6-17(18)24)13-20(29-30)19-8-9-25-23(28-19)26-14-10-15(32-2)12-16(11-14)33-3/h8-13,17-18H,4-7,24H2,1-3H3,(H,27,31)(H,25,26,28)/t17-,18+/m1/s1. The van der Waals surface area contributed by atoms with Gasteiger partial charge in [0.2, 0.25) is 5.95 Å². The van der Waals surface area contributed by atoms with Crippen molar-refractivity contribution in [3.05, 3.63) is 42.2 Å². The number of anilines is 2. The molecule has 0 aliphatic heterocycles. The van der Waals surface area contributed by atoms with Crippen LogP contribution in [-0.2, 0) is 7.05 Å². The highest BCUT2D eigenvalue weighted by molar-refractivity contribution is 5.93. The van der Waals surface area contributed by atoms with E-state index in [2.05, 4.69) is 25.7 Å². The van der Waals surface area contributed by atoms with E-state index in [1.54, 1.807) is 50.3 Å². The molecule has 0 spiro atoms. The summed E-state index contributed by atoms with van der Waals surface area (Å²) in [5.41, 5.74) is 8.51. The maximum Gasteiger partial charge on any atom is 0.269 e. The lowest BCUT2D eigenvalue weighted by Gasteiger charge is -2.29. The average molecular weight is 452 g/mol. The first kappa shape index (κ1) is 22.5. The molecule has 3 aromatic rings. The maximum absolute atomic E-state index is 12.9. The Hall–Kier alpha value is -3.66. The highest BCUT2D eigenvalue weighted by Crippen LogP contribution is 2.28. The molecule has 0 unspecified atom stereocenters. The first-order valence-electron chi connectivity index (χ1n) is 10.9. The largest absolute Gasteiger partial charge is 0.497 e. The first-order valence-corrected chi connectivity index (χ1v) is 10.9. The molecule has 10 nitrogen and oxygen atoms in total. The number of nitrogens with one attached hydrogen (secondary N) is 2. The Bertz CT molecular complexity index is 1110. The SMILES string of the molecule is COc1cc(Nc2nccc(-c3cc(C(=O)N[C@H]4CCCC[C@H]4N)n(C)n3)n2)cc(OC)c1. The summed E-state index contributed by atoms with van der Waals surface area (Å²) in [6.07, 6.45) is 5.64. The Morgan fingerprint density at radius 2 is 1.82 bits per heavy atom. The molecule has 1 aliphatic rings. The van der Waals surface area contributed by atoms with Gasteiger partial charge in [0.1, 0.15) is 22.9 Å². The van der Waals surface area contributed by atoms with Gasteiger partial charge in [-0.05, 0) is 25.0 Å². The molecule has 1 aliphatic carbocycles. The molecule has 1 amide bonds. The zero-order valence-electron chi connectivity index (χ0n) is 19.0. The number of carbonyl (C=O) groups excluding carboxylic acids is 1. The van der Waals surface area contributed by atoms with Crippen molar-refractivity contribution >= 4 is 17.5 Å². The Morgan fingerprint density at radius 1 is 1.09 bits per heavy atom. The number of nitrogens with zero attached hydrogens (tertiary/aromatic N) is 4. The summed E-state index contributed by atoms with van der Waals surface area (Å²) in [7, 11) is 4.92. The van der Waals surface area contributed by atoms with Crippen molar-refractivity contribution in [3.8, 4) is 22.9 Å². The molecule has 2 atom stereocenters. The van der Waals surface area contributed by atoms with E-state index in [1.807, 2.05) is 12.1 Å². The molecule has 1 fully saturated rings. The number of aromatic nitrogens is 4. The summed E-state index contributed by atoms with van der Waals surface area (Å²) in [5.74, 6) is 1.49. The van der Waals surface area contributed by atoms with Crippen LogP contribution < -0.4 is 25.8 Å². The molecule has 4 rings (SSSR count). The number of methoxy groups -OCH3 is 2. The minimum atomic E-state index is -0.186. The van der Waals surface area contributed by atoms with E-state index in [4.69, 9.17) is 15.2 Å². The van der Waals surface area contributed by atoms with Crippen LogP contribution in [0.5, 0.6) is 11.5 Å². The Balaban J connectivity index is 1.52. The number of rotatable bonds is 7. The second-order valence-corrected chi connectivity index (χ2v) is 8.06. The maximum atomic E-state index is 12.9. The van der Waals surface area contributed by atoms with Crippen molar-refractivity contribution in [2.24, 2.45) is 12.8 Å². The van der Waals surface area contributed by atoms with Gasteiger partial charge in [-0.1, -0.05) is 12.8 Å². The van der Waals surface area contributed by atoms with Gasteiger partial charge in [-0.2, -0.15) is 5.10 Å². The van der Waals surface area contributed by atoms with Crippen molar-refractivity contribution in [3.63, 3.8) is 0 Å². The van der Waals surface area contributed by atoms with Gasteiger partial charge in [0, 0.05) is 49.2 Å². The number of hydrogen-bond donors (Lipinski definition) is 3. The van der Waals surface area contributed by atoms with Crippen LogP contribution in [0, 0.1) is 0 Å². The normalized spacial score (nSPS) is 17.9. The Morgan fingerprint density at radius 3 is 2.52 bits per heavy atom. The average Bonchev–Trinajstić information content (AvgIpc) is 3.22. The third-order valence-corrected chi connectivity index (χ3v) is 5.77. The lowest BCUT2D eigenvalue weighted by atomic mass is 9.91. The molecule has 0 saturated heterocycles. The van der Waals surface area contributed by atoms with E-state index >= 15 is 0 Å². The summed E-state index contributed by atoms with van der Waals surface area (Å²) in [6, 6.07) is 8.86. The second-order valence-electron chi connectivity index (χ2n) is 8.06. The number of amides is 1. The molecule has 33 heavy (non-hydrogen) atoms. The summed E-state index contributed by atoms with van der Waals surface area (Å²) < 4.78 is 12.2. The van der Waals surface area contributed by atoms with E-state index in [9.17, 15) is 4.79 Å². The molecule has 0 bridgehead atoms. The van der Waals surface area contributed by atoms with Crippen LogP contribution in [0.1, 0.15) is 36.2 Å². The zero-order valence-corrected chi connectivity index (χ0v) is 19.0. The van der Waals surface area contributed by atoms with Crippen LogP contribution in [0.4, 0.5) is 11.6 Å². The van der Waals surface area contributed by atoms with E-state index in [0.29, 0.717) is 40.2 Å². The molecule has 0 radical (unpaired) electrons. The van der Waals surface area contributed by atoms with Gasteiger partial charge in [0.25, 0.3) is 5.91 Å². The lowest BCUT2D eigenvalue weighted by Crippen LogP contribution is -2.49. The van der Waals surface area contributed by atoms with Crippen molar-refractivity contribution in [1.29, 1.82) is 0 Å². The Kier molecular flexibility index (Phi) is 6.74. The van der Waals surface area contributed by atoms with Crippen molar-refractivity contribution in [1.82, 2.24) is 25.1 Å². The van der Waals surface area contributed by atoms with Crippen LogP contribution in [-0.4, -0.2) is 52.0 Å². The van der Waals surface area contributed by atoms with Crippen molar-refractivity contribution in [2.45, 2.75) is 37.8 Å². The predicted octanol–water partition coefficient (Wildman–Crippen LogP) is 2.64. The highest BCUT2D eigenvalue weighted by Gasteiger charge is 2.25. The van der Waals surface area contributed by atoms with Gasteiger partial charge in [0.15, 0.2) is 0 Å². The minimum absolute atomic E-state index is 0.0128. The number of nitrogens with two attached hydrogens (primary N) is 1. The van der Waals surface area contributed by atoms with Gasteiger partial charge < -0.3 is 25.8 Å². The quantitative estimate of drug-likeness (QED) is 0.500. The first-order chi connectivity index (χ1) is 16.0. The molecule has 2 aromatic heterocycles. The monoisotopic (exact) mass is 451 g/mol. The topological polar surface area (TPSA) is 129 Å². The molecule has 174 valence electrons. The molecule has 4 N–H and O–H groups in total. The van der Waals surface area contributed by atoms with Crippen LogP contribution in [0.25, 0.3) is 11.4 Å². The van der Waals surface area contributed by atoms with E-state index < -0.39 is 0 Å². The highest BCUT2D eigenvalue weighted by atomic mass is 16.5. The van der Waals surface area contributed by atoms with Gasteiger partial charge in [0.05, 0.1) is 19.9 Å². The summed E-state index contributed by atoms with van der Waals surface area (Å²) in [4.78, 5) is 21.7. The van der Waals surface area contributed by atoms with Gasteiger partial charge in [-0.25, -0.2) is 9.97 Å². The molecule has 1 saturated carbocycles. The smallest absolute Gasteiger partial charge is 0.269 e. The van der Waals surface area contributed by atoms with E-state index in [1.165, 1.54) is 0 Å². The van der Waals surface area contributed by atoms with Crippen LogP contribution in [0.15, 0.2) is 36.5 Å². The summed E-state index contributed by atoms with van der Waals surface area (Å²) in [5, 5.41) is 10.7. The fourth-order valence-corrected chi connectivity index (χ4v) is 3.96. The van der Waals surface area contributed by atoms with Gasteiger partial charge in [-0.15, -0.1) is 0 Å². The van der Waals surface area contributed by atoms with E-state index in [0.717, 1.165) is 25.7 Å². The number of hydrogen-bond acceptors (Lipinski definition) is 8. The number of benzene rings is 1. The minimum Gasteiger partial charge on any atom is -0.497 e. The van der Waals surface area contributed by atoms with Crippen molar-refractivity contribution in [2.75, 3.05) is 19.5 Å². The number of ether oxygens (including phenoxy) is 2. The molecular weight excluding hydrogens is 422 g/mol. The third kappa shape index (κ3) is 5.23. The second kappa shape index (κ2) is 9.86. The zero-order chi connectivity index (χ0) is 23.4. The molecule has 1 aromatic carbocycles. The summed E-state index contributed by atoms with van der Waals surface area (Å²) in [6.45, 7) is 0. The molecule has 10 heteroatoms. The molecular formula is C23H29N7O3.